The summed E-state index contributed by atoms with van der Waals surface area (Å²) in [6.45, 7) is 14.2. The van der Waals surface area contributed by atoms with Crippen molar-refractivity contribution in [2.75, 3.05) is 6.61 Å². The molecule has 0 saturated heterocycles. The SMILES string of the molecule is CCCC1([C@H](CCCO)O[Si](C)(C)C(C)(C)C)CCC1. The van der Waals surface area contributed by atoms with Gasteiger partial charge in [0, 0.05) is 6.61 Å². The van der Waals surface area contributed by atoms with E-state index in [2.05, 4.69) is 40.8 Å². The van der Waals surface area contributed by atoms with Gasteiger partial charge in [0.05, 0.1) is 6.10 Å². The Balaban J connectivity index is 2.84. The van der Waals surface area contributed by atoms with Gasteiger partial charge in [-0.15, -0.1) is 0 Å². The second kappa shape index (κ2) is 6.93. The summed E-state index contributed by atoms with van der Waals surface area (Å²) in [7, 11) is -1.72. The van der Waals surface area contributed by atoms with Crippen molar-refractivity contribution in [3.8, 4) is 0 Å². The fourth-order valence-corrected chi connectivity index (χ4v) is 4.59. The van der Waals surface area contributed by atoms with E-state index in [1.807, 2.05) is 0 Å². The summed E-state index contributed by atoms with van der Waals surface area (Å²) in [6.07, 6.45) is 8.82. The third kappa shape index (κ3) is 4.08. The maximum absolute atomic E-state index is 9.22. The first-order valence-corrected chi connectivity index (χ1v) is 11.4. The molecular formula is C17H36O2Si. The first-order chi connectivity index (χ1) is 9.18. The van der Waals surface area contributed by atoms with Gasteiger partial charge in [-0.25, -0.2) is 0 Å². The van der Waals surface area contributed by atoms with Crippen LogP contribution in [0.15, 0.2) is 0 Å². The van der Waals surface area contributed by atoms with E-state index in [4.69, 9.17) is 4.43 Å². The lowest BCUT2D eigenvalue weighted by Gasteiger charge is -2.52. The molecule has 3 heteroatoms. The molecular weight excluding hydrogens is 264 g/mol. The maximum Gasteiger partial charge on any atom is 0.192 e. The number of aliphatic hydroxyl groups excluding tert-OH is 1. The lowest BCUT2D eigenvalue weighted by atomic mass is 9.62. The number of rotatable bonds is 8. The van der Waals surface area contributed by atoms with Crippen LogP contribution in [0.5, 0.6) is 0 Å². The van der Waals surface area contributed by atoms with E-state index >= 15 is 0 Å². The Kier molecular flexibility index (Phi) is 6.30. The number of hydrogen-bond donors (Lipinski definition) is 1. The van der Waals surface area contributed by atoms with Crippen molar-refractivity contribution in [3.63, 3.8) is 0 Å². The molecule has 1 rings (SSSR count). The maximum atomic E-state index is 9.22. The molecule has 20 heavy (non-hydrogen) atoms. The average molecular weight is 301 g/mol. The predicted octanol–water partition coefficient (Wildman–Crippen LogP) is 5.12. The topological polar surface area (TPSA) is 29.5 Å². The van der Waals surface area contributed by atoms with E-state index in [-0.39, 0.29) is 5.04 Å². The van der Waals surface area contributed by atoms with Gasteiger partial charge in [0.1, 0.15) is 0 Å². The molecule has 0 aromatic heterocycles. The smallest absolute Gasteiger partial charge is 0.192 e. The van der Waals surface area contributed by atoms with Crippen molar-refractivity contribution >= 4 is 8.32 Å². The fraction of sp³-hybridized carbons (Fsp3) is 1.00. The highest BCUT2D eigenvalue weighted by Gasteiger charge is 2.48. The van der Waals surface area contributed by atoms with Gasteiger partial charge in [0.25, 0.3) is 0 Å². The lowest BCUT2D eigenvalue weighted by molar-refractivity contribution is -0.0401. The van der Waals surface area contributed by atoms with Crippen LogP contribution >= 0.6 is 0 Å². The van der Waals surface area contributed by atoms with Crippen LogP contribution in [0.3, 0.4) is 0 Å². The van der Waals surface area contributed by atoms with Gasteiger partial charge in [-0.3, -0.25) is 0 Å². The molecule has 0 amide bonds. The molecule has 1 aliphatic carbocycles. The van der Waals surface area contributed by atoms with Crippen molar-refractivity contribution in [1.29, 1.82) is 0 Å². The molecule has 0 radical (unpaired) electrons. The number of aliphatic hydroxyl groups is 1. The zero-order chi connectivity index (χ0) is 15.4. The highest BCUT2D eigenvalue weighted by Crippen LogP contribution is 2.52. The van der Waals surface area contributed by atoms with Gasteiger partial charge in [-0.05, 0) is 55.7 Å². The van der Waals surface area contributed by atoms with E-state index in [9.17, 15) is 5.11 Å². The van der Waals surface area contributed by atoms with Crippen LogP contribution in [0.4, 0.5) is 0 Å². The average Bonchev–Trinajstić information content (AvgIpc) is 2.27. The van der Waals surface area contributed by atoms with E-state index in [1.165, 1.54) is 32.1 Å². The molecule has 0 aromatic carbocycles. The number of hydrogen-bond acceptors (Lipinski definition) is 2. The molecule has 1 fully saturated rings. The molecule has 2 nitrogen and oxygen atoms in total. The summed E-state index contributed by atoms with van der Waals surface area (Å²) in [5, 5.41) is 9.48. The van der Waals surface area contributed by atoms with E-state index in [0.717, 1.165) is 12.8 Å². The molecule has 0 heterocycles. The molecule has 1 saturated carbocycles. The van der Waals surface area contributed by atoms with Crippen LogP contribution in [-0.2, 0) is 4.43 Å². The highest BCUT2D eigenvalue weighted by molar-refractivity contribution is 6.74. The molecule has 0 unspecified atom stereocenters. The first kappa shape index (κ1) is 18.2. The second-order valence-corrected chi connectivity index (χ2v) is 13.0. The Morgan fingerprint density at radius 3 is 2.20 bits per heavy atom. The molecule has 0 spiro atoms. The summed E-state index contributed by atoms with van der Waals surface area (Å²) < 4.78 is 6.79. The second-order valence-electron chi connectivity index (χ2n) is 8.20. The van der Waals surface area contributed by atoms with Crippen LogP contribution in [0.25, 0.3) is 0 Å². The molecule has 1 N–H and O–H groups in total. The third-order valence-corrected chi connectivity index (χ3v) is 10.1. The summed E-state index contributed by atoms with van der Waals surface area (Å²) in [5.41, 5.74) is 0.416. The molecule has 120 valence electrons. The zero-order valence-corrected chi connectivity index (χ0v) is 15.6. The standard InChI is InChI=1S/C17H36O2Si/c1-7-11-17(12-9-13-17)15(10-8-14-18)19-20(5,6)16(2,3)4/h15,18H,7-14H2,1-6H3/t15-/m0/s1. The summed E-state index contributed by atoms with van der Waals surface area (Å²) in [5.74, 6) is 0. The Hall–Kier alpha value is 0.137. The van der Waals surface area contributed by atoms with Crippen molar-refractivity contribution in [2.24, 2.45) is 5.41 Å². The molecule has 0 aromatic rings. The normalized spacial score (nSPS) is 20.6. The lowest BCUT2D eigenvalue weighted by Crippen LogP contribution is -2.51. The highest BCUT2D eigenvalue weighted by atomic mass is 28.4. The molecule has 0 bridgehead atoms. The van der Waals surface area contributed by atoms with Crippen LogP contribution < -0.4 is 0 Å². The van der Waals surface area contributed by atoms with Gasteiger partial charge >= 0.3 is 0 Å². The van der Waals surface area contributed by atoms with E-state index in [0.29, 0.717) is 18.1 Å². The molecule has 1 aliphatic rings. The Bertz CT molecular complexity index is 290. The van der Waals surface area contributed by atoms with Gasteiger partial charge in [0.2, 0.25) is 0 Å². The molecule has 0 aliphatic heterocycles. The fourth-order valence-electron chi connectivity index (χ4n) is 3.16. The van der Waals surface area contributed by atoms with Gasteiger partial charge in [-0.2, -0.15) is 0 Å². The zero-order valence-electron chi connectivity index (χ0n) is 14.6. The van der Waals surface area contributed by atoms with Crippen LogP contribution in [0.2, 0.25) is 18.1 Å². The Labute approximate surface area is 127 Å². The minimum absolute atomic E-state index is 0.265. The van der Waals surface area contributed by atoms with Crippen LogP contribution in [0.1, 0.15) is 72.6 Å². The monoisotopic (exact) mass is 300 g/mol. The van der Waals surface area contributed by atoms with Crippen LogP contribution in [-0.4, -0.2) is 26.1 Å². The van der Waals surface area contributed by atoms with E-state index in [1.54, 1.807) is 0 Å². The molecule has 1 atom stereocenters. The quantitative estimate of drug-likeness (QED) is 0.630. The first-order valence-electron chi connectivity index (χ1n) is 8.47. The summed E-state index contributed by atoms with van der Waals surface area (Å²) in [4.78, 5) is 0. The Morgan fingerprint density at radius 1 is 1.25 bits per heavy atom. The van der Waals surface area contributed by atoms with Crippen molar-refractivity contribution in [1.82, 2.24) is 0 Å². The summed E-state index contributed by atoms with van der Waals surface area (Å²) >= 11 is 0. The minimum atomic E-state index is -1.72. The van der Waals surface area contributed by atoms with Crippen LogP contribution in [0, 0.1) is 5.41 Å². The van der Waals surface area contributed by atoms with Gasteiger partial charge in [0.15, 0.2) is 8.32 Å². The van der Waals surface area contributed by atoms with Crippen molar-refractivity contribution in [3.05, 3.63) is 0 Å². The van der Waals surface area contributed by atoms with Gasteiger partial charge < -0.3 is 9.53 Å². The minimum Gasteiger partial charge on any atom is -0.413 e. The Morgan fingerprint density at radius 2 is 1.85 bits per heavy atom. The largest absolute Gasteiger partial charge is 0.413 e. The van der Waals surface area contributed by atoms with E-state index < -0.39 is 8.32 Å². The van der Waals surface area contributed by atoms with Crippen molar-refractivity contribution < 1.29 is 9.53 Å². The third-order valence-electron chi connectivity index (χ3n) is 5.65. The van der Waals surface area contributed by atoms with Gasteiger partial charge in [-0.1, -0.05) is 40.5 Å². The summed E-state index contributed by atoms with van der Waals surface area (Å²) in [6, 6.07) is 0. The van der Waals surface area contributed by atoms with Crippen molar-refractivity contribution in [2.45, 2.75) is 96.9 Å². The predicted molar refractivity (Wildman–Crippen MR) is 89.6 cm³/mol.